The summed E-state index contributed by atoms with van der Waals surface area (Å²) in [5.74, 6) is -0.294. The molecule has 1 N–H and O–H groups in total. The summed E-state index contributed by atoms with van der Waals surface area (Å²) in [6.07, 6.45) is 0. The van der Waals surface area contributed by atoms with Crippen LogP contribution in [0.1, 0.15) is 23.3 Å². The zero-order valence-electron chi connectivity index (χ0n) is 13.8. The predicted octanol–water partition coefficient (Wildman–Crippen LogP) is 4.27. The van der Waals surface area contributed by atoms with Gasteiger partial charge in [0.25, 0.3) is 11.5 Å². The summed E-state index contributed by atoms with van der Waals surface area (Å²) in [6.45, 7) is 2.07. The molecule has 0 fully saturated rings. The van der Waals surface area contributed by atoms with E-state index >= 15 is 0 Å². The minimum Gasteiger partial charge on any atom is -0.350 e. The number of carbonyl (C=O) groups excluding carboxylic acids is 1. The topological polar surface area (TPSA) is 64.0 Å². The van der Waals surface area contributed by atoms with Crippen molar-refractivity contribution in [1.82, 2.24) is 15.1 Å². The van der Waals surface area contributed by atoms with Crippen molar-refractivity contribution in [2.75, 3.05) is 6.54 Å². The van der Waals surface area contributed by atoms with E-state index in [4.69, 9.17) is 23.2 Å². The monoisotopic (exact) mass is 407 g/mol. The molecule has 2 aromatic heterocycles. The maximum absolute atomic E-state index is 12.3. The van der Waals surface area contributed by atoms with Gasteiger partial charge in [-0.3, -0.25) is 9.59 Å². The fourth-order valence-corrected chi connectivity index (χ4v) is 3.35. The Morgan fingerprint density at radius 1 is 1.23 bits per heavy atom. The molecular weight excluding hydrogens is 393 g/mol. The lowest BCUT2D eigenvalue weighted by Gasteiger charge is -2.15. The van der Waals surface area contributed by atoms with Gasteiger partial charge >= 0.3 is 0 Å². The fourth-order valence-electron chi connectivity index (χ4n) is 2.36. The van der Waals surface area contributed by atoms with Crippen LogP contribution in [0.25, 0.3) is 10.6 Å². The highest BCUT2D eigenvalue weighted by Crippen LogP contribution is 2.23. The molecule has 1 amide bonds. The minimum absolute atomic E-state index is 0.221. The van der Waals surface area contributed by atoms with Gasteiger partial charge in [-0.05, 0) is 42.6 Å². The first-order valence-electron chi connectivity index (χ1n) is 7.82. The highest BCUT2D eigenvalue weighted by atomic mass is 35.5. The van der Waals surface area contributed by atoms with Crippen molar-refractivity contribution in [2.45, 2.75) is 13.0 Å². The van der Waals surface area contributed by atoms with Crippen molar-refractivity contribution in [3.05, 3.63) is 73.8 Å². The molecule has 0 spiro atoms. The molecule has 1 aromatic carbocycles. The summed E-state index contributed by atoms with van der Waals surface area (Å²) in [6, 6.07) is 11.4. The molecule has 0 bridgehead atoms. The second kappa shape index (κ2) is 8.03. The summed E-state index contributed by atoms with van der Waals surface area (Å²) >= 11 is 13.3. The van der Waals surface area contributed by atoms with Crippen molar-refractivity contribution >= 4 is 40.4 Å². The van der Waals surface area contributed by atoms with Crippen LogP contribution in [0.5, 0.6) is 0 Å². The van der Waals surface area contributed by atoms with Gasteiger partial charge in [-0.2, -0.15) is 5.10 Å². The van der Waals surface area contributed by atoms with Gasteiger partial charge in [0.2, 0.25) is 0 Å². The third kappa shape index (κ3) is 4.15. The van der Waals surface area contributed by atoms with Crippen LogP contribution in [-0.2, 0) is 0 Å². The van der Waals surface area contributed by atoms with Gasteiger partial charge in [0.1, 0.15) is 5.69 Å². The molecule has 0 radical (unpaired) electrons. The van der Waals surface area contributed by atoms with Crippen molar-refractivity contribution in [3.63, 3.8) is 0 Å². The fraction of sp³-hybridized carbons (Fsp3) is 0.167. The Bertz CT molecular complexity index is 986. The number of carbonyl (C=O) groups is 1. The zero-order chi connectivity index (χ0) is 18.7. The molecule has 5 nitrogen and oxygen atoms in total. The second-order valence-corrected chi connectivity index (χ2v) is 7.43. The summed E-state index contributed by atoms with van der Waals surface area (Å²) in [4.78, 5) is 25.4. The Hall–Kier alpha value is -2.15. The van der Waals surface area contributed by atoms with Crippen LogP contribution < -0.4 is 10.9 Å². The molecule has 0 saturated heterocycles. The summed E-state index contributed by atoms with van der Waals surface area (Å²) < 4.78 is 1.38. The minimum atomic E-state index is -0.311. The summed E-state index contributed by atoms with van der Waals surface area (Å²) in [7, 11) is 0. The van der Waals surface area contributed by atoms with Crippen molar-refractivity contribution < 1.29 is 4.79 Å². The van der Waals surface area contributed by atoms with Crippen molar-refractivity contribution in [2.24, 2.45) is 0 Å². The van der Waals surface area contributed by atoms with Crippen molar-refractivity contribution in [1.29, 1.82) is 0 Å². The molecule has 2 heterocycles. The zero-order valence-corrected chi connectivity index (χ0v) is 16.1. The predicted molar refractivity (Wildman–Crippen MR) is 105 cm³/mol. The van der Waals surface area contributed by atoms with E-state index in [9.17, 15) is 9.59 Å². The van der Waals surface area contributed by atoms with E-state index in [0.29, 0.717) is 15.6 Å². The summed E-state index contributed by atoms with van der Waals surface area (Å²) in [5.41, 5.74) is 0.906. The molecule has 0 aliphatic rings. The van der Waals surface area contributed by atoms with Crippen LogP contribution in [0, 0.1) is 0 Å². The maximum Gasteiger partial charge on any atom is 0.267 e. The Labute approximate surface area is 164 Å². The molecule has 0 saturated carbocycles. The largest absolute Gasteiger partial charge is 0.350 e. The molecule has 1 unspecified atom stereocenters. The smallest absolute Gasteiger partial charge is 0.267 e. The van der Waals surface area contributed by atoms with Gasteiger partial charge in [0.15, 0.2) is 0 Å². The molecule has 26 heavy (non-hydrogen) atoms. The van der Waals surface area contributed by atoms with Crippen molar-refractivity contribution in [3.8, 4) is 10.6 Å². The average Bonchev–Trinajstić information content (AvgIpc) is 3.16. The van der Waals surface area contributed by atoms with Gasteiger partial charge in [0, 0.05) is 18.2 Å². The standard InChI is InChI=1S/C18H15Cl2N3O2S/c1-11(10-21-18(25)12-4-5-13(19)14(20)9-12)23-17(24)7-6-15(22-23)16-3-2-8-26-16/h2-9,11H,10H2,1H3,(H,21,25). The summed E-state index contributed by atoms with van der Waals surface area (Å²) in [5, 5.41) is 9.86. The molecular formula is C18H15Cl2N3O2S. The molecule has 3 rings (SSSR count). The number of nitrogens with zero attached hydrogens (tertiary/aromatic N) is 2. The number of rotatable bonds is 5. The van der Waals surface area contributed by atoms with Crippen LogP contribution >= 0.6 is 34.5 Å². The van der Waals surface area contributed by atoms with E-state index in [0.717, 1.165) is 10.6 Å². The van der Waals surface area contributed by atoms with Gasteiger partial charge in [-0.15, -0.1) is 11.3 Å². The third-order valence-electron chi connectivity index (χ3n) is 3.76. The lowest BCUT2D eigenvalue weighted by molar-refractivity contribution is 0.0947. The number of halogens is 2. The number of hydrogen-bond donors (Lipinski definition) is 1. The van der Waals surface area contributed by atoms with Crippen LogP contribution in [0.3, 0.4) is 0 Å². The lowest BCUT2D eigenvalue weighted by atomic mass is 10.2. The Morgan fingerprint density at radius 3 is 2.73 bits per heavy atom. The van der Waals surface area contributed by atoms with E-state index in [1.54, 1.807) is 29.5 Å². The Kier molecular flexibility index (Phi) is 5.76. The number of aromatic nitrogens is 2. The Morgan fingerprint density at radius 2 is 2.04 bits per heavy atom. The van der Waals surface area contributed by atoms with E-state index in [-0.39, 0.29) is 24.1 Å². The van der Waals surface area contributed by atoms with Crippen LogP contribution in [0.15, 0.2) is 52.6 Å². The molecule has 1 atom stereocenters. The van der Waals surface area contributed by atoms with Gasteiger partial charge in [-0.25, -0.2) is 4.68 Å². The quantitative estimate of drug-likeness (QED) is 0.686. The van der Waals surface area contributed by atoms with E-state index in [1.807, 2.05) is 24.4 Å². The van der Waals surface area contributed by atoms with E-state index < -0.39 is 0 Å². The first kappa shape index (κ1) is 18.6. The Balaban J connectivity index is 1.72. The molecule has 8 heteroatoms. The van der Waals surface area contributed by atoms with E-state index in [1.165, 1.54) is 16.8 Å². The molecule has 0 aliphatic heterocycles. The first-order chi connectivity index (χ1) is 12.5. The second-order valence-electron chi connectivity index (χ2n) is 5.67. The molecule has 3 aromatic rings. The average molecular weight is 408 g/mol. The number of nitrogens with one attached hydrogen (secondary N) is 1. The molecule has 0 aliphatic carbocycles. The number of benzene rings is 1. The third-order valence-corrected chi connectivity index (χ3v) is 5.39. The number of amides is 1. The van der Waals surface area contributed by atoms with Crippen LogP contribution in [0.2, 0.25) is 10.0 Å². The highest BCUT2D eigenvalue weighted by molar-refractivity contribution is 7.13. The maximum atomic E-state index is 12.3. The van der Waals surface area contributed by atoms with E-state index in [2.05, 4.69) is 10.4 Å². The number of hydrogen-bond acceptors (Lipinski definition) is 4. The number of thiophene rings is 1. The van der Waals surface area contributed by atoms with Gasteiger partial charge in [-0.1, -0.05) is 29.3 Å². The van der Waals surface area contributed by atoms with Crippen LogP contribution in [-0.4, -0.2) is 22.2 Å². The highest BCUT2D eigenvalue weighted by Gasteiger charge is 2.13. The van der Waals surface area contributed by atoms with Gasteiger partial charge in [0.05, 0.1) is 21.0 Å². The normalized spacial score (nSPS) is 12.0. The first-order valence-corrected chi connectivity index (χ1v) is 9.46. The SMILES string of the molecule is CC(CNC(=O)c1ccc(Cl)c(Cl)c1)n1nc(-c2cccs2)ccc1=O. The molecule has 134 valence electrons. The van der Waals surface area contributed by atoms with Gasteiger partial charge < -0.3 is 5.32 Å². The van der Waals surface area contributed by atoms with Crippen LogP contribution in [0.4, 0.5) is 0 Å². The lowest BCUT2D eigenvalue weighted by Crippen LogP contribution is -2.34.